The Hall–Kier alpha value is -3.96. The van der Waals surface area contributed by atoms with Crippen LogP contribution in [0.15, 0.2) is 48.5 Å². The Balaban J connectivity index is 1.62. The van der Waals surface area contributed by atoms with Crippen molar-refractivity contribution in [1.29, 1.82) is 0 Å². The third-order valence-electron chi connectivity index (χ3n) is 4.90. The highest BCUT2D eigenvalue weighted by Gasteiger charge is 2.45. The third kappa shape index (κ3) is 6.30. The second-order valence-corrected chi connectivity index (χ2v) is 8.02. The summed E-state index contributed by atoms with van der Waals surface area (Å²) in [5.74, 6) is -0.428. The van der Waals surface area contributed by atoms with Gasteiger partial charge in [-0.15, -0.1) is 13.2 Å². The van der Waals surface area contributed by atoms with Crippen molar-refractivity contribution in [2.45, 2.75) is 31.8 Å². The fourth-order valence-electron chi connectivity index (χ4n) is 3.31. The van der Waals surface area contributed by atoms with Crippen molar-refractivity contribution in [2.24, 2.45) is 0 Å². The van der Waals surface area contributed by atoms with Gasteiger partial charge in [-0.25, -0.2) is 9.59 Å². The van der Waals surface area contributed by atoms with Crippen LogP contribution in [0.1, 0.15) is 13.8 Å². The van der Waals surface area contributed by atoms with E-state index >= 15 is 0 Å². The van der Waals surface area contributed by atoms with Crippen LogP contribution in [0.5, 0.6) is 11.5 Å². The average molecular weight is 481 g/mol. The summed E-state index contributed by atoms with van der Waals surface area (Å²) in [5.41, 5.74) is 0.263. The molecule has 1 aliphatic rings. The lowest BCUT2D eigenvalue weighted by atomic mass is 10.1. The lowest BCUT2D eigenvalue weighted by Gasteiger charge is -2.23. The smallest absolute Gasteiger partial charge is 0.491 e. The van der Waals surface area contributed by atoms with Crippen molar-refractivity contribution < 1.29 is 42.1 Å². The van der Waals surface area contributed by atoms with Crippen LogP contribution < -0.4 is 20.1 Å². The molecule has 0 aromatic heterocycles. The Labute approximate surface area is 192 Å². The Kier molecular flexibility index (Phi) is 6.89. The molecule has 34 heavy (non-hydrogen) atoms. The molecule has 2 aromatic carbocycles. The summed E-state index contributed by atoms with van der Waals surface area (Å²) in [6.07, 6.45) is -6.11. The van der Waals surface area contributed by atoms with E-state index in [0.717, 1.165) is 4.90 Å². The minimum absolute atomic E-state index is 0.160. The largest absolute Gasteiger partial charge is 0.573 e. The number of imide groups is 1. The zero-order valence-corrected chi connectivity index (χ0v) is 18.2. The third-order valence-corrected chi connectivity index (χ3v) is 4.90. The topological polar surface area (TPSA) is 117 Å². The summed E-state index contributed by atoms with van der Waals surface area (Å²) >= 11 is 0. The predicted molar refractivity (Wildman–Crippen MR) is 113 cm³/mol. The standard InChI is InChI=1S/C22H22F3N3O6/c1-21(2)18(29)28(19(30)27-21)11-15(26-20(31)32)12-33-16-7-3-13(4-8-16)14-5-9-17(10-6-14)34-22(23,24)25/h3-10,15,26H,11-12H2,1-2H3,(H,27,30)(H,31,32)/t15-/m0/s1. The summed E-state index contributed by atoms with van der Waals surface area (Å²) in [6, 6.07) is 10.4. The van der Waals surface area contributed by atoms with Crippen LogP contribution in [0.4, 0.5) is 22.8 Å². The van der Waals surface area contributed by atoms with Crippen LogP contribution >= 0.6 is 0 Å². The van der Waals surface area contributed by atoms with E-state index in [-0.39, 0.29) is 18.9 Å². The molecule has 3 rings (SSSR count). The molecule has 0 saturated carbocycles. The van der Waals surface area contributed by atoms with E-state index in [9.17, 15) is 27.6 Å². The monoisotopic (exact) mass is 481 g/mol. The highest BCUT2D eigenvalue weighted by Crippen LogP contribution is 2.27. The fraction of sp³-hybridized carbons (Fsp3) is 0.318. The number of carbonyl (C=O) groups excluding carboxylic acids is 2. The molecule has 2 aromatic rings. The Morgan fingerprint density at radius 1 is 1.06 bits per heavy atom. The molecule has 1 atom stereocenters. The highest BCUT2D eigenvalue weighted by molar-refractivity contribution is 6.06. The number of nitrogens with one attached hydrogen (secondary N) is 2. The molecule has 0 unspecified atom stereocenters. The second kappa shape index (κ2) is 9.49. The van der Waals surface area contributed by atoms with Gasteiger partial charge >= 0.3 is 18.5 Å². The van der Waals surface area contributed by atoms with Crippen LogP contribution in [0.25, 0.3) is 11.1 Å². The maximum atomic E-state index is 12.4. The molecular formula is C22H22F3N3O6. The van der Waals surface area contributed by atoms with Crippen LogP contribution in [-0.4, -0.2) is 59.1 Å². The molecule has 3 N–H and O–H groups in total. The average Bonchev–Trinajstić information content (AvgIpc) is 2.93. The predicted octanol–water partition coefficient (Wildman–Crippen LogP) is 3.60. The molecule has 4 amide bonds. The van der Waals surface area contributed by atoms with Gasteiger partial charge in [0.1, 0.15) is 23.6 Å². The van der Waals surface area contributed by atoms with Crippen LogP contribution in [0.3, 0.4) is 0 Å². The Morgan fingerprint density at radius 3 is 2.03 bits per heavy atom. The van der Waals surface area contributed by atoms with Gasteiger partial charge in [0, 0.05) is 0 Å². The van der Waals surface area contributed by atoms with Gasteiger partial charge in [0.25, 0.3) is 5.91 Å². The van der Waals surface area contributed by atoms with Crippen molar-refractivity contribution in [3.63, 3.8) is 0 Å². The SMILES string of the molecule is CC1(C)NC(=O)N(C[C@@H](COc2ccc(-c3ccc(OC(F)(F)F)cc3)cc2)NC(=O)O)C1=O. The maximum Gasteiger partial charge on any atom is 0.573 e. The van der Waals surface area contributed by atoms with Gasteiger partial charge < -0.3 is 25.2 Å². The molecule has 0 aliphatic carbocycles. The van der Waals surface area contributed by atoms with Crippen LogP contribution in [0, 0.1) is 0 Å². The zero-order valence-electron chi connectivity index (χ0n) is 18.2. The minimum atomic E-state index is -4.77. The number of nitrogens with zero attached hydrogens (tertiary/aromatic N) is 1. The number of amides is 4. The van der Waals surface area contributed by atoms with Gasteiger partial charge in [-0.3, -0.25) is 9.69 Å². The van der Waals surface area contributed by atoms with E-state index in [1.807, 2.05) is 0 Å². The molecule has 1 heterocycles. The fourth-order valence-corrected chi connectivity index (χ4v) is 3.31. The first kappa shape index (κ1) is 24.7. The summed E-state index contributed by atoms with van der Waals surface area (Å²) in [7, 11) is 0. The Bertz CT molecular complexity index is 1060. The number of urea groups is 1. The summed E-state index contributed by atoms with van der Waals surface area (Å²) in [4.78, 5) is 36.5. The highest BCUT2D eigenvalue weighted by atomic mass is 19.4. The normalized spacial score (nSPS) is 16.1. The number of benzene rings is 2. The molecular weight excluding hydrogens is 459 g/mol. The van der Waals surface area contributed by atoms with Crippen molar-refractivity contribution in [2.75, 3.05) is 13.2 Å². The van der Waals surface area contributed by atoms with Gasteiger partial charge in [-0.1, -0.05) is 24.3 Å². The molecule has 182 valence electrons. The number of halogens is 3. The van der Waals surface area contributed by atoms with Gasteiger partial charge in [-0.2, -0.15) is 0 Å². The van der Waals surface area contributed by atoms with E-state index in [4.69, 9.17) is 9.84 Å². The number of ether oxygens (including phenoxy) is 2. The molecule has 12 heteroatoms. The van der Waals surface area contributed by atoms with Crippen LogP contribution in [0.2, 0.25) is 0 Å². The molecule has 1 aliphatic heterocycles. The lowest BCUT2D eigenvalue weighted by molar-refractivity contribution is -0.274. The number of rotatable bonds is 8. The van der Waals surface area contributed by atoms with Gasteiger partial charge in [0.15, 0.2) is 0 Å². The molecule has 0 spiro atoms. The molecule has 1 saturated heterocycles. The number of carboxylic acid groups (broad SMARTS) is 1. The summed E-state index contributed by atoms with van der Waals surface area (Å²) < 4.78 is 46.3. The quantitative estimate of drug-likeness (QED) is 0.496. The van der Waals surface area contributed by atoms with Gasteiger partial charge in [0.2, 0.25) is 0 Å². The first-order valence-electron chi connectivity index (χ1n) is 10.1. The van der Waals surface area contributed by atoms with E-state index in [2.05, 4.69) is 15.4 Å². The molecule has 0 bridgehead atoms. The van der Waals surface area contributed by atoms with E-state index < -0.39 is 36.0 Å². The molecule has 9 nitrogen and oxygen atoms in total. The molecule has 1 fully saturated rings. The summed E-state index contributed by atoms with van der Waals surface area (Å²) in [6.45, 7) is 2.71. The first-order chi connectivity index (χ1) is 15.8. The Morgan fingerprint density at radius 2 is 1.59 bits per heavy atom. The maximum absolute atomic E-state index is 12.4. The zero-order chi connectivity index (χ0) is 25.1. The lowest BCUT2D eigenvalue weighted by Crippen LogP contribution is -2.49. The number of hydrogen-bond donors (Lipinski definition) is 3. The van der Waals surface area contributed by atoms with Gasteiger partial charge in [-0.05, 0) is 49.2 Å². The summed E-state index contributed by atoms with van der Waals surface area (Å²) in [5, 5.41) is 13.8. The number of carbonyl (C=O) groups is 3. The van der Waals surface area contributed by atoms with E-state index in [1.54, 1.807) is 38.1 Å². The van der Waals surface area contributed by atoms with Crippen molar-refractivity contribution in [3.8, 4) is 22.6 Å². The second-order valence-electron chi connectivity index (χ2n) is 8.02. The minimum Gasteiger partial charge on any atom is -0.491 e. The van der Waals surface area contributed by atoms with Crippen LogP contribution in [-0.2, 0) is 4.79 Å². The van der Waals surface area contributed by atoms with Gasteiger partial charge in [0.05, 0.1) is 12.6 Å². The van der Waals surface area contributed by atoms with E-state index in [0.29, 0.717) is 16.9 Å². The van der Waals surface area contributed by atoms with Crippen molar-refractivity contribution in [1.82, 2.24) is 15.5 Å². The molecule has 0 radical (unpaired) electrons. The first-order valence-corrected chi connectivity index (χ1v) is 10.1. The van der Waals surface area contributed by atoms with Crippen molar-refractivity contribution >= 4 is 18.0 Å². The number of hydrogen-bond acceptors (Lipinski definition) is 5. The van der Waals surface area contributed by atoms with E-state index in [1.165, 1.54) is 24.3 Å². The van der Waals surface area contributed by atoms with Crippen molar-refractivity contribution in [3.05, 3.63) is 48.5 Å². The number of alkyl halides is 3.